The molecule has 0 aliphatic carbocycles. The molecule has 2 aliphatic heterocycles. The average molecular weight is 499 g/mol. The molecule has 0 unspecified atom stereocenters. The summed E-state index contributed by atoms with van der Waals surface area (Å²) in [5, 5.41) is 0.108. The Morgan fingerprint density at radius 3 is 1.79 bits per heavy atom. The minimum Gasteiger partial charge on any atom is -0.444 e. The summed E-state index contributed by atoms with van der Waals surface area (Å²) >= 11 is 0. The van der Waals surface area contributed by atoms with E-state index in [1.54, 1.807) is 0 Å². The van der Waals surface area contributed by atoms with Crippen LogP contribution >= 0.6 is 0 Å². The number of likely N-dealkylation sites (tertiary alicyclic amines) is 2. The van der Waals surface area contributed by atoms with E-state index < -0.39 is 19.5 Å². The number of nitrogens with zero attached hydrogens (tertiary/aromatic N) is 2. The Balaban J connectivity index is 2.13. The lowest BCUT2D eigenvalue weighted by Gasteiger charge is -2.38. The molecular formula is C26H50N2O5Si. The van der Waals surface area contributed by atoms with Crippen LogP contribution in [0.2, 0.25) is 18.1 Å². The van der Waals surface area contributed by atoms with Gasteiger partial charge in [0, 0.05) is 25.2 Å². The van der Waals surface area contributed by atoms with Crippen molar-refractivity contribution >= 4 is 20.5 Å². The van der Waals surface area contributed by atoms with E-state index in [1.165, 1.54) is 0 Å². The molecule has 2 rings (SSSR count). The molecular weight excluding hydrogens is 448 g/mol. The predicted molar refractivity (Wildman–Crippen MR) is 139 cm³/mol. The van der Waals surface area contributed by atoms with Crippen molar-refractivity contribution in [3.8, 4) is 0 Å². The van der Waals surface area contributed by atoms with Crippen LogP contribution in [0.25, 0.3) is 0 Å². The van der Waals surface area contributed by atoms with Gasteiger partial charge in [0.05, 0.1) is 6.10 Å². The summed E-state index contributed by atoms with van der Waals surface area (Å²) < 4.78 is 18.1. The van der Waals surface area contributed by atoms with Crippen LogP contribution in [0.15, 0.2) is 0 Å². The molecule has 0 spiro atoms. The fraction of sp³-hybridized carbons (Fsp3) is 0.923. The van der Waals surface area contributed by atoms with Crippen molar-refractivity contribution in [3.63, 3.8) is 0 Å². The molecule has 2 heterocycles. The lowest BCUT2D eigenvalue weighted by atomic mass is 9.96. The molecule has 7 nitrogen and oxygen atoms in total. The average Bonchev–Trinajstić information content (AvgIpc) is 3.13. The summed E-state index contributed by atoms with van der Waals surface area (Å²) in [4.78, 5) is 29.5. The summed E-state index contributed by atoms with van der Waals surface area (Å²) in [6.07, 6.45) is 2.04. The molecule has 34 heavy (non-hydrogen) atoms. The highest BCUT2D eigenvalue weighted by Crippen LogP contribution is 2.40. The highest BCUT2D eigenvalue weighted by Gasteiger charge is 2.46. The number of carbonyl (C=O) groups is 2. The van der Waals surface area contributed by atoms with Crippen LogP contribution in [0.5, 0.6) is 0 Å². The SMILES string of the molecule is C[C@@H]1C[C@@H](C[C@@H]2C[C@@H](O[Si](C)(C)C(C)(C)C)CN2C(=O)OC(C)(C)C)CN1C(=O)OC(C)(C)C. The Labute approximate surface area is 209 Å². The molecule has 0 N–H and O–H groups in total. The summed E-state index contributed by atoms with van der Waals surface area (Å²) in [6, 6.07) is 0.163. The molecule has 2 fully saturated rings. The first-order valence-corrected chi connectivity index (χ1v) is 15.8. The summed E-state index contributed by atoms with van der Waals surface area (Å²) in [7, 11) is -1.96. The lowest BCUT2D eigenvalue weighted by molar-refractivity contribution is 0.0177. The monoisotopic (exact) mass is 498 g/mol. The van der Waals surface area contributed by atoms with Gasteiger partial charge in [0.1, 0.15) is 11.2 Å². The topological polar surface area (TPSA) is 68.3 Å². The van der Waals surface area contributed by atoms with Gasteiger partial charge >= 0.3 is 12.2 Å². The van der Waals surface area contributed by atoms with Crippen LogP contribution in [0, 0.1) is 5.92 Å². The van der Waals surface area contributed by atoms with Gasteiger partial charge in [-0.15, -0.1) is 0 Å². The van der Waals surface area contributed by atoms with Gasteiger partial charge in [-0.3, -0.25) is 0 Å². The van der Waals surface area contributed by atoms with Crippen molar-refractivity contribution in [2.75, 3.05) is 13.1 Å². The third-order valence-corrected chi connectivity index (χ3v) is 11.7. The minimum absolute atomic E-state index is 0.0131. The number of ether oxygens (including phenoxy) is 2. The molecule has 0 saturated carbocycles. The number of carbonyl (C=O) groups excluding carboxylic acids is 2. The second kappa shape index (κ2) is 10.00. The largest absolute Gasteiger partial charge is 0.444 e. The van der Waals surface area contributed by atoms with Gasteiger partial charge in [-0.1, -0.05) is 20.8 Å². The van der Waals surface area contributed by atoms with Crippen LogP contribution in [0.1, 0.15) is 88.5 Å². The zero-order valence-corrected chi connectivity index (χ0v) is 24.8. The Morgan fingerprint density at radius 2 is 1.32 bits per heavy atom. The molecule has 0 bridgehead atoms. The van der Waals surface area contributed by atoms with E-state index in [0.29, 0.717) is 19.0 Å². The Morgan fingerprint density at radius 1 is 0.824 bits per heavy atom. The fourth-order valence-corrected chi connectivity index (χ4v) is 5.95. The van der Waals surface area contributed by atoms with E-state index in [0.717, 1.165) is 19.3 Å². The lowest BCUT2D eigenvalue weighted by Crippen LogP contribution is -2.45. The van der Waals surface area contributed by atoms with Gasteiger partial charge in [0.2, 0.25) is 0 Å². The molecule has 4 atom stereocenters. The summed E-state index contributed by atoms with van der Waals surface area (Å²) in [5.41, 5.74) is -1.06. The number of amides is 2. The zero-order chi connectivity index (χ0) is 26.3. The highest BCUT2D eigenvalue weighted by atomic mass is 28.4. The van der Waals surface area contributed by atoms with Gasteiger partial charge in [0.15, 0.2) is 8.32 Å². The van der Waals surface area contributed by atoms with Crippen LogP contribution < -0.4 is 0 Å². The van der Waals surface area contributed by atoms with Gasteiger partial charge < -0.3 is 23.7 Å². The normalized spacial score (nSPS) is 26.7. The number of rotatable bonds is 4. The maximum atomic E-state index is 13.1. The van der Waals surface area contributed by atoms with Crippen molar-refractivity contribution in [1.82, 2.24) is 9.80 Å². The van der Waals surface area contributed by atoms with E-state index in [2.05, 4.69) is 40.8 Å². The van der Waals surface area contributed by atoms with E-state index in [1.807, 2.05) is 51.3 Å². The Kier molecular flexibility index (Phi) is 8.51. The smallest absolute Gasteiger partial charge is 0.410 e. The predicted octanol–water partition coefficient (Wildman–Crippen LogP) is 6.42. The Bertz CT molecular complexity index is 735. The molecule has 0 radical (unpaired) electrons. The van der Waals surface area contributed by atoms with E-state index >= 15 is 0 Å². The van der Waals surface area contributed by atoms with Gasteiger partial charge in [-0.2, -0.15) is 0 Å². The standard InChI is InChI=1S/C26H50N2O5Si/c1-18-13-19(16-27(18)22(29)31-24(2,3)4)14-20-15-21(33-34(11,12)26(8,9)10)17-28(20)23(30)32-25(5,6)7/h18-21H,13-17H2,1-12H3/t18-,19+,20-,21-/m1/s1. The third-order valence-electron chi connectivity index (χ3n) is 7.17. The quantitative estimate of drug-likeness (QED) is 0.418. The summed E-state index contributed by atoms with van der Waals surface area (Å²) in [6.45, 7) is 25.9. The van der Waals surface area contributed by atoms with Crippen LogP contribution in [0.3, 0.4) is 0 Å². The second-order valence-corrected chi connectivity index (χ2v) is 18.6. The minimum atomic E-state index is -1.96. The van der Waals surface area contributed by atoms with Gasteiger partial charge in [-0.25, -0.2) is 9.59 Å². The van der Waals surface area contributed by atoms with E-state index in [9.17, 15) is 9.59 Å². The first-order chi connectivity index (χ1) is 15.2. The maximum absolute atomic E-state index is 13.1. The number of hydrogen-bond acceptors (Lipinski definition) is 5. The summed E-state index contributed by atoms with van der Waals surface area (Å²) in [5.74, 6) is 0.309. The first kappa shape index (κ1) is 29.0. The Hall–Kier alpha value is -1.28. The fourth-order valence-electron chi connectivity index (χ4n) is 4.59. The van der Waals surface area contributed by atoms with Crippen molar-refractivity contribution in [2.45, 2.75) is 136 Å². The van der Waals surface area contributed by atoms with Crippen molar-refractivity contribution < 1.29 is 23.5 Å². The molecule has 0 aromatic carbocycles. The molecule has 0 aromatic heterocycles. The van der Waals surface area contributed by atoms with Crippen molar-refractivity contribution in [3.05, 3.63) is 0 Å². The van der Waals surface area contributed by atoms with Crippen LogP contribution in [-0.2, 0) is 13.9 Å². The maximum Gasteiger partial charge on any atom is 0.410 e. The van der Waals surface area contributed by atoms with Crippen LogP contribution in [-0.4, -0.2) is 72.8 Å². The van der Waals surface area contributed by atoms with Crippen LogP contribution in [0.4, 0.5) is 9.59 Å². The highest BCUT2D eigenvalue weighted by molar-refractivity contribution is 6.74. The molecule has 8 heteroatoms. The second-order valence-electron chi connectivity index (χ2n) is 13.8. The molecule has 198 valence electrons. The molecule has 2 saturated heterocycles. The van der Waals surface area contributed by atoms with E-state index in [4.69, 9.17) is 13.9 Å². The van der Waals surface area contributed by atoms with Crippen molar-refractivity contribution in [2.24, 2.45) is 5.92 Å². The van der Waals surface area contributed by atoms with Crippen molar-refractivity contribution in [1.29, 1.82) is 0 Å². The molecule has 0 aromatic rings. The zero-order valence-electron chi connectivity index (χ0n) is 23.8. The van der Waals surface area contributed by atoms with Gasteiger partial charge in [-0.05, 0) is 91.8 Å². The molecule has 2 aliphatic rings. The van der Waals surface area contributed by atoms with Gasteiger partial charge in [0.25, 0.3) is 0 Å². The number of hydrogen-bond donors (Lipinski definition) is 0. The third kappa shape index (κ3) is 7.87. The van der Waals surface area contributed by atoms with E-state index in [-0.39, 0.29) is 35.4 Å². The molecule has 2 amide bonds. The first-order valence-electron chi connectivity index (χ1n) is 12.9.